The van der Waals surface area contributed by atoms with Gasteiger partial charge in [-0.3, -0.25) is 4.79 Å². The fraction of sp³-hybridized carbons (Fsp3) is 0.462. The summed E-state index contributed by atoms with van der Waals surface area (Å²) < 4.78 is 10.4. The first-order chi connectivity index (χ1) is 16.9. The molecule has 0 spiro atoms. The minimum absolute atomic E-state index is 0.0400. The van der Waals surface area contributed by atoms with Crippen LogP contribution in [-0.4, -0.2) is 66.6 Å². The van der Waals surface area contributed by atoms with E-state index in [4.69, 9.17) is 9.47 Å². The molecule has 0 radical (unpaired) electrons. The average molecular weight is 481 g/mol. The molecule has 2 aromatic carbocycles. The van der Waals surface area contributed by atoms with Crippen molar-refractivity contribution in [3.8, 4) is 22.5 Å². The third-order valence-corrected chi connectivity index (χ3v) is 5.29. The van der Waals surface area contributed by atoms with Crippen molar-refractivity contribution in [1.29, 1.82) is 0 Å². The molecule has 35 heavy (non-hydrogen) atoms. The number of hydrogen-bond acceptors (Lipinski definition) is 7. The number of H-pyrrole nitrogens is 1. The van der Waals surface area contributed by atoms with Crippen molar-refractivity contribution in [2.24, 2.45) is 11.8 Å². The zero-order chi connectivity index (χ0) is 25.2. The Bertz CT molecular complexity index is 1060. The molecular formula is C26H36N6O3. The van der Waals surface area contributed by atoms with Gasteiger partial charge in [-0.2, -0.15) is 0 Å². The van der Waals surface area contributed by atoms with Gasteiger partial charge in [0.15, 0.2) is 5.82 Å². The lowest BCUT2D eigenvalue weighted by atomic mass is 9.97. The van der Waals surface area contributed by atoms with E-state index in [1.165, 1.54) is 0 Å². The first-order valence-corrected chi connectivity index (χ1v) is 12.0. The number of tetrazole rings is 1. The van der Waals surface area contributed by atoms with Crippen LogP contribution in [0.15, 0.2) is 42.5 Å². The Kier molecular flexibility index (Phi) is 9.75. The minimum atomic E-state index is -0.207. The maximum absolute atomic E-state index is 12.8. The molecule has 0 aliphatic carbocycles. The lowest BCUT2D eigenvalue weighted by Gasteiger charge is -2.31. The molecular weight excluding hydrogens is 444 g/mol. The number of ether oxygens (including phenoxy) is 2. The molecule has 0 bridgehead atoms. The number of aromatic amines is 1. The number of nitrogens with zero attached hydrogens (tertiary/aromatic N) is 4. The predicted octanol–water partition coefficient (Wildman–Crippen LogP) is 4.25. The van der Waals surface area contributed by atoms with E-state index < -0.39 is 0 Å². The van der Waals surface area contributed by atoms with Gasteiger partial charge in [-0.25, -0.2) is 5.10 Å². The number of nitrogens with one attached hydrogen (secondary N) is 2. The molecule has 3 rings (SSSR count). The Labute approximate surface area is 207 Å². The van der Waals surface area contributed by atoms with Crippen LogP contribution in [0.2, 0.25) is 0 Å². The molecule has 9 heteroatoms. The number of methoxy groups -OCH3 is 1. The number of carbonyl (C=O) groups is 1. The highest BCUT2D eigenvalue weighted by molar-refractivity contribution is 5.97. The lowest BCUT2D eigenvalue weighted by Crippen LogP contribution is -2.32. The summed E-state index contributed by atoms with van der Waals surface area (Å²) in [4.78, 5) is 15.1. The van der Waals surface area contributed by atoms with E-state index in [0.29, 0.717) is 30.9 Å². The van der Waals surface area contributed by atoms with Crippen molar-refractivity contribution >= 4 is 17.3 Å². The summed E-state index contributed by atoms with van der Waals surface area (Å²) in [6.45, 7) is 11.3. The summed E-state index contributed by atoms with van der Waals surface area (Å²) in [7, 11) is 1.60. The largest absolute Gasteiger partial charge is 0.382 e. The van der Waals surface area contributed by atoms with E-state index in [1.54, 1.807) is 7.11 Å². The van der Waals surface area contributed by atoms with Crippen molar-refractivity contribution in [1.82, 2.24) is 20.6 Å². The van der Waals surface area contributed by atoms with Crippen LogP contribution >= 0.6 is 0 Å². The van der Waals surface area contributed by atoms with Gasteiger partial charge < -0.3 is 19.7 Å². The summed E-state index contributed by atoms with van der Waals surface area (Å²) in [5.74, 6) is 1.31. The first-order valence-electron chi connectivity index (χ1n) is 12.0. The van der Waals surface area contributed by atoms with E-state index in [9.17, 15) is 4.79 Å². The molecule has 0 saturated carbocycles. The quantitative estimate of drug-likeness (QED) is 0.352. The maximum Gasteiger partial charge on any atom is 0.250 e. The minimum Gasteiger partial charge on any atom is -0.382 e. The van der Waals surface area contributed by atoms with Crippen LogP contribution in [0.4, 0.5) is 11.4 Å². The lowest BCUT2D eigenvalue weighted by molar-refractivity contribution is -0.121. The number of carbonyl (C=O) groups excluding carboxylic acids is 1. The van der Waals surface area contributed by atoms with E-state index in [1.807, 2.05) is 30.3 Å². The van der Waals surface area contributed by atoms with Crippen LogP contribution in [0.25, 0.3) is 22.5 Å². The van der Waals surface area contributed by atoms with Crippen LogP contribution in [0.1, 0.15) is 27.7 Å². The van der Waals surface area contributed by atoms with Gasteiger partial charge in [0.1, 0.15) is 6.61 Å². The standard InChI is InChI=1S/C26H36N6O3/c1-18(2)15-32(16-19(3)4)24-11-10-20(14-23(24)27-25(33)17-35-13-12-34-5)21-8-6-7-9-22(21)26-28-30-31-29-26/h6-11,14,18-19H,12-13,15-17H2,1-5H3,(H,27,33)(H,28,29,30,31). The Morgan fingerprint density at radius 3 is 2.37 bits per heavy atom. The van der Waals surface area contributed by atoms with Crippen LogP contribution in [0.5, 0.6) is 0 Å². The summed E-state index contributed by atoms with van der Waals surface area (Å²) in [5.41, 5.74) is 4.52. The van der Waals surface area contributed by atoms with Crippen molar-refractivity contribution in [2.45, 2.75) is 27.7 Å². The third-order valence-electron chi connectivity index (χ3n) is 5.29. The smallest absolute Gasteiger partial charge is 0.250 e. The van der Waals surface area contributed by atoms with E-state index >= 15 is 0 Å². The van der Waals surface area contributed by atoms with E-state index in [-0.39, 0.29) is 12.5 Å². The SMILES string of the molecule is COCCOCC(=O)Nc1cc(-c2ccccc2-c2nnn[nH]2)ccc1N(CC(C)C)CC(C)C. The number of benzene rings is 2. The van der Waals surface area contributed by atoms with Gasteiger partial charge >= 0.3 is 0 Å². The van der Waals surface area contributed by atoms with E-state index in [0.717, 1.165) is 41.2 Å². The van der Waals surface area contributed by atoms with Gasteiger partial charge in [-0.15, -0.1) is 5.10 Å². The summed E-state index contributed by atoms with van der Waals surface area (Å²) >= 11 is 0. The van der Waals surface area contributed by atoms with Crippen molar-refractivity contribution in [2.75, 3.05) is 50.2 Å². The van der Waals surface area contributed by atoms with Gasteiger partial charge in [-0.05, 0) is 45.5 Å². The van der Waals surface area contributed by atoms with Crippen LogP contribution in [0.3, 0.4) is 0 Å². The van der Waals surface area contributed by atoms with Gasteiger partial charge in [0.25, 0.3) is 0 Å². The van der Waals surface area contributed by atoms with E-state index in [2.05, 4.69) is 70.7 Å². The van der Waals surface area contributed by atoms with Crippen LogP contribution in [-0.2, 0) is 14.3 Å². The Hall–Kier alpha value is -3.30. The van der Waals surface area contributed by atoms with Crippen molar-refractivity contribution < 1.29 is 14.3 Å². The molecule has 188 valence electrons. The Morgan fingerprint density at radius 2 is 1.74 bits per heavy atom. The van der Waals surface area contributed by atoms with Gasteiger partial charge in [0.05, 0.1) is 24.6 Å². The molecule has 0 aliphatic rings. The molecule has 1 amide bonds. The zero-order valence-electron chi connectivity index (χ0n) is 21.2. The normalized spacial score (nSPS) is 11.3. The third kappa shape index (κ3) is 7.60. The van der Waals surface area contributed by atoms with Crippen LogP contribution in [0, 0.1) is 11.8 Å². The number of rotatable bonds is 13. The second kappa shape index (κ2) is 13.0. The zero-order valence-corrected chi connectivity index (χ0v) is 21.2. The Morgan fingerprint density at radius 1 is 1.03 bits per heavy atom. The van der Waals surface area contributed by atoms with Gasteiger partial charge in [0, 0.05) is 25.8 Å². The molecule has 0 aliphatic heterocycles. The monoisotopic (exact) mass is 480 g/mol. The number of aromatic nitrogens is 4. The molecule has 0 fully saturated rings. The molecule has 1 aromatic heterocycles. The molecule has 2 N–H and O–H groups in total. The highest BCUT2D eigenvalue weighted by atomic mass is 16.5. The Balaban J connectivity index is 2.00. The molecule has 9 nitrogen and oxygen atoms in total. The van der Waals surface area contributed by atoms with Crippen LogP contribution < -0.4 is 10.2 Å². The summed E-state index contributed by atoms with van der Waals surface area (Å²) in [5, 5.41) is 17.4. The molecule has 3 aromatic rings. The average Bonchev–Trinajstić information content (AvgIpc) is 3.36. The fourth-order valence-corrected chi connectivity index (χ4v) is 3.94. The first kappa shape index (κ1) is 26.3. The second-order valence-electron chi connectivity index (χ2n) is 9.31. The predicted molar refractivity (Wildman–Crippen MR) is 138 cm³/mol. The van der Waals surface area contributed by atoms with Crippen molar-refractivity contribution in [3.63, 3.8) is 0 Å². The molecule has 0 atom stereocenters. The number of hydrogen-bond donors (Lipinski definition) is 2. The number of amides is 1. The summed E-state index contributed by atoms with van der Waals surface area (Å²) in [6, 6.07) is 14.1. The van der Waals surface area contributed by atoms with Gasteiger partial charge in [-0.1, -0.05) is 58.0 Å². The number of anilines is 2. The fourth-order valence-electron chi connectivity index (χ4n) is 3.94. The highest BCUT2D eigenvalue weighted by Gasteiger charge is 2.18. The molecule has 0 unspecified atom stereocenters. The topological polar surface area (TPSA) is 105 Å². The van der Waals surface area contributed by atoms with Gasteiger partial charge in [0.2, 0.25) is 5.91 Å². The molecule has 1 heterocycles. The van der Waals surface area contributed by atoms with Crippen molar-refractivity contribution in [3.05, 3.63) is 42.5 Å². The highest BCUT2D eigenvalue weighted by Crippen LogP contribution is 2.36. The summed E-state index contributed by atoms with van der Waals surface area (Å²) in [6.07, 6.45) is 0. The second-order valence-corrected chi connectivity index (χ2v) is 9.31. The molecule has 0 saturated heterocycles. The maximum atomic E-state index is 12.8.